The summed E-state index contributed by atoms with van der Waals surface area (Å²) in [5, 5.41) is 4.44. The third-order valence-corrected chi connectivity index (χ3v) is 4.30. The fraction of sp³-hybridized carbons (Fsp3) is 0.222. The van der Waals surface area contributed by atoms with Gasteiger partial charge in [0.1, 0.15) is 0 Å². The number of aromatic nitrogens is 2. The van der Waals surface area contributed by atoms with Gasteiger partial charge in [-0.25, -0.2) is 9.78 Å². The fourth-order valence-corrected chi connectivity index (χ4v) is 3.09. The number of benzene rings is 1. The second-order valence-corrected chi connectivity index (χ2v) is 6.35. The van der Waals surface area contributed by atoms with E-state index < -0.39 is 24.5 Å². The van der Waals surface area contributed by atoms with Gasteiger partial charge in [0.15, 0.2) is 11.6 Å². The molecule has 0 aliphatic carbocycles. The molecule has 140 valence electrons. The van der Waals surface area contributed by atoms with Crippen molar-refractivity contribution in [3.8, 4) is 0 Å². The number of carbonyl (C=O) groups excluding carboxylic acids is 3. The minimum absolute atomic E-state index is 0.0267. The molecule has 0 saturated heterocycles. The predicted molar refractivity (Wildman–Crippen MR) is 98.8 cm³/mol. The number of ether oxygens (including phenoxy) is 2. The van der Waals surface area contributed by atoms with Gasteiger partial charge in [-0.1, -0.05) is 12.1 Å². The quantitative estimate of drug-likeness (QED) is 0.625. The van der Waals surface area contributed by atoms with Crippen LogP contribution in [0.3, 0.4) is 0 Å². The Labute approximate surface area is 158 Å². The molecule has 0 unspecified atom stereocenters. The van der Waals surface area contributed by atoms with Gasteiger partial charge >= 0.3 is 11.9 Å². The molecule has 0 fully saturated rings. The number of para-hydroxylation sites is 1. The number of nitrogens with zero attached hydrogens (tertiary/aromatic N) is 2. The largest absolute Gasteiger partial charge is 0.462 e. The molecule has 9 heteroatoms. The van der Waals surface area contributed by atoms with Gasteiger partial charge in [0.25, 0.3) is 5.91 Å². The highest BCUT2D eigenvalue weighted by Gasteiger charge is 2.15. The molecule has 0 bridgehead atoms. The first-order valence-electron chi connectivity index (χ1n) is 8.19. The Morgan fingerprint density at radius 3 is 2.81 bits per heavy atom. The van der Waals surface area contributed by atoms with E-state index in [4.69, 9.17) is 9.47 Å². The van der Waals surface area contributed by atoms with E-state index in [1.807, 2.05) is 16.0 Å². The van der Waals surface area contributed by atoms with E-state index in [-0.39, 0.29) is 18.6 Å². The van der Waals surface area contributed by atoms with Gasteiger partial charge in [-0.2, -0.15) is 0 Å². The molecule has 1 aromatic carbocycles. The third kappa shape index (κ3) is 4.70. The lowest BCUT2D eigenvalue weighted by molar-refractivity contribution is -0.146. The van der Waals surface area contributed by atoms with E-state index in [9.17, 15) is 14.4 Å². The summed E-state index contributed by atoms with van der Waals surface area (Å²) in [5.74, 6) is -1.65. The van der Waals surface area contributed by atoms with Crippen LogP contribution in [0, 0.1) is 0 Å². The van der Waals surface area contributed by atoms with E-state index in [2.05, 4.69) is 10.3 Å². The topological polar surface area (TPSA) is 99.0 Å². The van der Waals surface area contributed by atoms with E-state index >= 15 is 0 Å². The van der Waals surface area contributed by atoms with E-state index in [0.29, 0.717) is 11.4 Å². The van der Waals surface area contributed by atoms with Crippen LogP contribution in [0.5, 0.6) is 0 Å². The standard InChI is InChI=1S/C18H17N3O5S/c1-2-25-17(24)13-5-3-4-6-14(13)20-15(22)11-26-16(23)9-12-10-21-7-8-27-18(21)19-12/h3-8,10H,2,9,11H2,1H3,(H,20,22). The number of fused-ring (bicyclic) bond motifs is 1. The Hall–Kier alpha value is -3.20. The van der Waals surface area contributed by atoms with Crippen LogP contribution in [0.1, 0.15) is 23.0 Å². The predicted octanol–water partition coefficient (Wildman–Crippen LogP) is 2.30. The number of anilines is 1. The SMILES string of the molecule is CCOC(=O)c1ccccc1NC(=O)COC(=O)Cc1cn2ccsc2n1. The maximum Gasteiger partial charge on any atom is 0.340 e. The average molecular weight is 387 g/mol. The Kier molecular flexibility index (Phi) is 5.82. The number of esters is 2. The van der Waals surface area contributed by atoms with Crippen LogP contribution in [-0.4, -0.2) is 40.4 Å². The summed E-state index contributed by atoms with van der Waals surface area (Å²) in [6, 6.07) is 6.46. The molecule has 27 heavy (non-hydrogen) atoms. The van der Waals surface area contributed by atoms with E-state index in [0.717, 1.165) is 4.96 Å². The van der Waals surface area contributed by atoms with Crippen molar-refractivity contribution in [2.75, 3.05) is 18.5 Å². The van der Waals surface area contributed by atoms with E-state index in [1.165, 1.54) is 11.3 Å². The van der Waals surface area contributed by atoms with Crippen LogP contribution in [0.2, 0.25) is 0 Å². The van der Waals surface area contributed by atoms with Crippen molar-refractivity contribution in [1.29, 1.82) is 0 Å². The number of carbonyl (C=O) groups is 3. The van der Waals surface area contributed by atoms with Gasteiger partial charge in [0.2, 0.25) is 0 Å². The van der Waals surface area contributed by atoms with E-state index in [1.54, 1.807) is 37.4 Å². The minimum atomic E-state index is -0.561. The number of hydrogen-bond acceptors (Lipinski definition) is 7. The Bertz CT molecular complexity index is 950. The molecule has 2 heterocycles. The molecule has 0 atom stereocenters. The monoisotopic (exact) mass is 387 g/mol. The number of imidazole rings is 1. The molecule has 0 spiro atoms. The van der Waals surface area contributed by atoms with Crippen molar-refractivity contribution >= 4 is 39.8 Å². The lowest BCUT2D eigenvalue weighted by atomic mass is 10.2. The number of thiazole rings is 1. The summed E-state index contributed by atoms with van der Waals surface area (Å²) in [4.78, 5) is 40.9. The van der Waals surface area contributed by atoms with Crippen molar-refractivity contribution in [2.45, 2.75) is 13.3 Å². The van der Waals surface area contributed by atoms with Crippen molar-refractivity contribution in [1.82, 2.24) is 9.38 Å². The van der Waals surface area contributed by atoms with Crippen LogP contribution in [0.15, 0.2) is 42.0 Å². The van der Waals surface area contributed by atoms with Crippen LogP contribution in [0.25, 0.3) is 4.96 Å². The Balaban J connectivity index is 1.53. The smallest absolute Gasteiger partial charge is 0.340 e. The molecule has 0 aliphatic rings. The summed E-state index contributed by atoms with van der Waals surface area (Å²) in [6.07, 6.45) is 3.56. The highest BCUT2D eigenvalue weighted by atomic mass is 32.1. The number of hydrogen-bond donors (Lipinski definition) is 1. The lowest BCUT2D eigenvalue weighted by Crippen LogP contribution is -2.23. The highest BCUT2D eigenvalue weighted by molar-refractivity contribution is 7.15. The number of rotatable bonds is 7. The summed E-state index contributed by atoms with van der Waals surface area (Å²) in [7, 11) is 0. The van der Waals surface area contributed by atoms with Crippen molar-refractivity contribution in [2.24, 2.45) is 0 Å². The average Bonchev–Trinajstić information content (AvgIpc) is 3.22. The maximum atomic E-state index is 12.0. The van der Waals surface area contributed by atoms with Gasteiger partial charge in [-0.15, -0.1) is 11.3 Å². The van der Waals surface area contributed by atoms with Crippen LogP contribution >= 0.6 is 11.3 Å². The molecule has 8 nitrogen and oxygen atoms in total. The first-order chi connectivity index (χ1) is 13.1. The summed E-state index contributed by atoms with van der Waals surface area (Å²) in [6.45, 7) is 1.46. The maximum absolute atomic E-state index is 12.0. The molecular formula is C18H17N3O5S. The van der Waals surface area contributed by atoms with Gasteiger partial charge < -0.3 is 14.8 Å². The molecule has 3 rings (SSSR count). The second-order valence-electron chi connectivity index (χ2n) is 5.48. The zero-order valence-electron chi connectivity index (χ0n) is 14.5. The van der Waals surface area contributed by atoms with Gasteiger partial charge in [0.05, 0.1) is 30.0 Å². The molecule has 2 aromatic heterocycles. The molecule has 3 aromatic rings. The minimum Gasteiger partial charge on any atom is -0.462 e. The summed E-state index contributed by atoms with van der Waals surface area (Å²) in [5.41, 5.74) is 1.10. The fourth-order valence-electron chi connectivity index (χ4n) is 2.37. The van der Waals surface area contributed by atoms with Crippen molar-refractivity contribution in [3.05, 3.63) is 53.3 Å². The number of nitrogens with one attached hydrogen (secondary N) is 1. The summed E-state index contributed by atoms with van der Waals surface area (Å²) >= 11 is 1.46. The summed E-state index contributed by atoms with van der Waals surface area (Å²) < 4.78 is 11.7. The zero-order chi connectivity index (χ0) is 19.2. The van der Waals surface area contributed by atoms with Crippen LogP contribution < -0.4 is 5.32 Å². The lowest BCUT2D eigenvalue weighted by Gasteiger charge is -2.10. The zero-order valence-corrected chi connectivity index (χ0v) is 15.3. The first kappa shape index (κ1) is 18.6. The molecule has 1 N–H and O–H groups in total. The van der Waals surface area contributed by atoms with Gasteiger partial charge in [0, 0.05) is 17.8 Å². The highest BCUT2D eigenvalue weighted by Crippen LogP contribution is 2.16. The normalized spacial score (nSPS) is 10.6. The Morgan fingerprint density at radius 2 is 2.04 bits per heavy atom. The molecule has 0 aliphatic heterocycles. The molecule has 0 radical (unpaired) electrons. The third-order valence-electron chi connectivity index (χ3n) is 3.53. The molecule has 0 saturated carbocycles. The second kappa shape index (κ2) is 8.45. The Morgan fingerprint density at radius 1 is 1.22 bits per heavy atom. The van der Waals surface area contributed by atoms with Gasteiger partial charge in [-0.3, -0.25) is 14.0 Å². The number of amides is 1. The van der Waals surface area contributed by atoms with Crippen molar-refractivity contribution in [3.63, 3.8) is 0 Å². The first-order valence-corrected chi connectivity index (χ1v) is 9.07. The van der Waals surface area contributed by atoms with Crippen LogP contribution in [0.4, 0.5) is 5.69 Å². The molecular weight excluding hydrogens is 370 g/mol. The van der Waals surface area contributed by atoms with Gasteiger partial charge in [-0.05, 0) is 19.1 Å². The molecule has 1 amide bonds. The van der Waals surface area contributed by atoms with Crippen LogP contribution in [-0.2, 0) is 25.5 Å². The van der Waals surface area contributed by atoms with Crippen molar-refractivity contribution < 1.29 is 23.9 Å².